The Morgan fingerprint density at radius 1 is 1.26 bits per heavy atom. The summed E-state index contributed by atoms with van der Waals surface area (Å²) in [5.74, 6) is 0.633. The molecule has 1 N–H and O–H groups in total. The van der Waals surface area contributed by atoms with E-state index < -0.39 is 0 Å². The van der Waals surface area contributed by atoms with Gasteiger partial charge in [-0.05, 0) is 45.0 Å². The van der Waals surface area contributed by atoms with Gasteiger partial charge >= 0.3 is 0 Å². The molecule has 1 aliphatic heterocycles. The maximum atomic E-state index is 12.3. The lowest BCUT2D eigenvalue weighted by Crippen LogP contribution is -2.30. The van der Waals surface area contributed by atoms with Crippen LogP contribution in [0.1, 0.15) is 34.1 Å². The lowest BCUT2D eigenvalue weighted by atomic mass is 10.1. The van der Waals surface area contributed by atoms with E-state index >= 15 is 0 Å². The molecule has 102 valence electrons. The van der Waals surface area contributed by atoms with Crippen molar-refractivity contribution >= 4 is 11.7 Å². The second-order valence-corrected chi connectivity index (χ2v) is 5.10. The maximum absolute atomic E-state index is 12.3. The van der Waals surface area contributed by atoms with Crippen LogP contribution in [-0.4, -0.2) is 43.3 Å². The number of Topliss-reactive ketones (excluding diaryl/α,β-unsaturated/α-hetero) is 1. The fraction of sp³-hybridized carbons (Fsp3) is 0.467. The molecule has 0 spiro atoms. The molecule has 1 amide bonds. The first kappa shape index (κ1) is 13.7. The molecular formula is C15H20N2O2. The SMILES string of the molecule is CNCC1CCN(C(=O)c2ccc(C(C)=O)cc2)C1. The molecule has 0 aromatic heterocycles. The summed E-state index contributed by atoms with van der Waals surface area (Å²) in [7, 11) is 1.94. The highest BCUT2D eigenvalue weighted by Crippen LogP contribution is 2.18. The minimum atomic E-state index is 0.0225. The molecule has 0 aliphatic carbocycles. The predicted octanol–water partition coefficient (Wildman–Crippen LogP) is 1.57. The number of rotatable bonds is 4. The second-order valence-electron chi connectivity index (χ2n) is 5.10. The van der Waals surface area contributed by atoms with Gasteiger partial charge in [0, 0.05) is 24.2 Å². The number of carbonyl (C=O) groups excluding carboxylic acids is 2. The van der Waals surface area contributed by atoms with Crippen LogP contribution in [0.5, 0.6) is 0 Å². The van der Waals surface area contributed by atoms with Gasteiger partial charge in [-0.1, -0.05) is 12.1 Å². The van der Waals surface area contributed by atoms with Crippen LogP contribution in [-0.2, 0) is 0 Å². The van der Waals surface area contributed by atoms with Crippen molar-refractivity contribution in [1.82, 2.24) is 10.2 Å². The van der Waals surface area contributed by atoms with E-state index in [1.165, 1.54) is 6.92 Å². The zero-order valence-electron chi connectivity index (χ0n) is 11.5. The summed E-state index contributed by atoms with van der Waals surface area (Å²) in [5, 5.41) is 3.15. The van der Waals surface area contributed by atoms with Gasteiger partial charge in [0.15, 0.2) is 5.78 Å². The average Bonchev–Trinajstić information content (AvgIpc) is 2.87. The highest BCUT2D eigenvalue weighted by molar-refractivity contribution is 5.97. The lowest BCUT2D eigenvalue weighted by molar-refractivity contribution is 0.0786. The molecule has 1 aromatic rings. The van der Waals surface area contributed by atoms with Crippen molar-refractivity contribution in [1.29, 1.82) is 0 Å². The van der Waals surface area contributed by atoms with E-state index in [9.17, 15) is 9.59 Å². The first-order valence-corrected chi connectivity index (χ1v) is 6.66. The molecule has 1 fully saturated rings. The van der Waals surface area contributed by atoms with Gasteiger partial charge in [0.1, 0.15) is 0 Å². The smallest absolute Gasteiger partial charge is 0.253 e. The molecule has 1 saturated heterocycles. The highest BCUT2D eigenvalue weighted by Gasteiger charge is 2.26. The van der Waals surface area contributed by atoms with E-state index in [1.807, 2.05) is 11.9 Å². The molecule has 19 heavy (non-hydrogen) atoms. The number of nitrogens with one attached hydrogen (secondary N) is 1. The number of ketones is 1. The molecule has 1 aromatic carbocycles. The Bertz CT molecular complexity index is 468. The molecule has 1 heterocycles. The second kappa shape index (κ2) is 5.97. The average molecular weight is 260 g/mol. The van der Waals surface area contributed by atoms with Crippen LogP contribution >= 0.6 is 0 Å². The number of hydrogen-bond acceptors (Lipinski definition) is 3. The highest BCUT2D eigenvalue weighted by atomic mass is 16.2. The third-order valence-corrected chi connectivity index (χ3v) is 3.60. The zero-order chi connectivity index (χ0) is 13.8. The van der Waals surface area contributed by atoms with Crippen molar-refractivity contribution in [2.75, 3.05) is 26.7 Å². The zero-order valence-corrected chi connectivity index (χ0v) is 11.5. The first-order chi connectivity index (χ1) is 9.11. The third-order valence-electron chi connectivity index (χ3n) is 3.60. The van der Waals surface area contributed by atoms with Crippen molar-refractivity contribution < 1.29 is 9.59 Å². The van der Waals surface area contributed by atoms with Gasteiger partial charge in [0.2, 0.25) is 0 Å². The molecule has 1 unspecified atom stereocenters. The summed E-state index contributed by atoms with van der Waals surface area (Å²) < 4.78 is 0. The van der Waals surface area contributed by atoms with Gasteiger partial charge in [-0.3, -0.25) is 9.59 Å². The third kappa shape index (κ3) is 3.20. The first-order valence-electron chi connectivity index (χ1n) is 6.66. The van der Waals surface area contributed by atoms with Gasteiger partial charge in [0.25, 0.3) is 5.91 Å². The Morgan fingerprint density at radius 3 is 2.47 bits per heavy atom. The standard InChI is InChI=1S/C15H20N2O2/c1-11(18)13-3-5-14(6-4-13)15(19)17-8-7-12(10-17)9-16-2/h3-6,12,16H,7-10H2,1-2H3. The van der Waals surface area contributed by atoms with Crippen LogP contribution in [0.15, 0.2) is 24.3 Å². The number of likely N-dealkylation sites (tertiary alicyclic amines) is 1. The summed E-state index contributed by atoms with van der Waals surface area (Å²) in [4.78, 5) is 25.4. The summed E-state index contributed by atoms with van der Waals surface area (Å²) in [6, 6.07) is 6.92. The number of nitrogens with zero attached hydrogens (tertiary/aromatic N) is 1. The summed E-state index contributed by atoms with van der Waals surface area (Å²) in [6.07, 6.45) is 1.05. The Balaban J connectivity index is 2.02. The van der Waals surface area contributed by atoms with Crippen LogP contribution < -0.4 is 5.32 Å². The summed E-state index contributed by atoms with van der Waals surface area (Å²) in [6.45, 7) is 4.11. The Morgan fingerprint density at radius 2 is 1.89 bits per heavy atom. The molecule has 0 bridgehead atoms. The minimum absolute atomic E-state index is 0.0225. The lowest BCUT2D eigenvalue weighted by Gasteiger charge is -2.16. The Kier molecular flexibility index (Phi) is 4.32. The Hall–Kier alpha value is -1.68. The van der Waals surface area contributed by atoms with Crippen LogP contribution in [0.4, 0.5) is 0 Å². The summed E-state index contributed by atoms with van der Waals surface area (Å²) >= 11 is 0. The van der Waals surface area contributed by atoms with E-state index in [-0.39, 0.29) is 11.7 Å². The van der Waals surface area contributed by atoms with Crippen LogP contribution in [0, 0.1) is 5.92 Å². The van der Waals surface area contributed by atoms with Gasteiger partial charge in [-0.2, -0.15) is 0 Å². The van der Waals surface area contributed by atoms with E-state index in [2.05, 4.69) is 5.32 Å². The molecule has 4 heteroatoms. The van der Waals surface area contributed by atoms with Crippen LogP contribution in [0.3, 0.4) is 0 Å². The predicted molar refractivity (Wildman–Crippen MR) is 74.4 cm³/mol. The van der Waals surface area contributed by atoms with Crippen LogP contribution in [0.2, 0.25) is 0 Å². The number of carbonyl (C=O) groups is 2. The molecular weight excluding hydrogens is 240 g/mol. The van der Waals surface area contributed by atoms with E-state index in [0.717, 1.165) is 26.1 Å². The molecule has 0 saturated carbocycles. The van der Waals surface area contributed by atoms with E-state index in [0.29, 0.717) is 17.0 Å². The van der Waals surface area contributed by atoms with E-state index in [4.69, 9.17) is 0 Å². The number of benzene rings is 1. The van der Waals surface area contributed by atoms with Crippen molar-refractivity contribution in [2.45, 2.75) is 13.3 Å². The molecule has 4 nitrogen and oxygen atoms in total. The minimum Gasteiger partial charge on any atom is -0.338 e. The molecule has 1 aliphatic rings. The summed E-state index contributed by atoms with van der Waals surface area (Å²) in [5.41, 5.74) is 1.31. The van der Waals surface area contributed by atoms with Crippen molar-refractivity contribution in [3.63, 3.8) is 0 Å². The Labute approximate surface area is 113 Å². The van der Waals surface area contributed by atoms with Gasteiger partial charge < -0.3 is 10.2 Å². The normalized spacial score (nSPS) is 18.6. The number of hydrogen-bond donors (Lipinski definition) is 1. The monoisotopic (exact) mass is 260 g/mol. The van der Waals surface area contributed by atoms with Crippen LogP contribution in [0.25, 0.3) is 0 Å². The largest absolute Gasteiger partial charge is 0.338 e. The van der Waals surface area contributed by atoms with E-state index in [1.54, 1.807) is 24.3 Å². The van der Waals surface area contributed by atoms with Gasteiger partial charge in [-0.25, -0.2) is 0 Å². The van der Waals surface area contributed by atoms with Crippen molar-refractivity contribution in [2.24, 2.45) is 5.92 Å². The molecule has 2 rings (SSSR count). The van der Waals surface area contributed by atoms with Crippen molar-refractivity contribution in [3.8, 4) is 0 Å². The molecule has 1 atom stereocenters. The quantitative estimate of drug-likeness (QED) is 0.836. The number of amides is 1. The molecule has 0 radical (unpaired) electrons. The maximum Gasteiger partial charge on any atom is 0.253 e. The fourth-order valence-corrected chi connectivity index (χ4v) is 2.50. The van der Waals surface area contributed by atoms with Gasteiger partial charge in [0.05, 0.1) is 0 Å². The van der Waals surface area contributed by atoms with Gasteiger partial charge in [-0.15, -0.1) is 0 Å². The topological polar surface area (TPSA) is 49.4 Å². The van der Waals surface area contributed by atoms with Crippen molar-refractivity contribution in [3.05, 3.63) is 35.4 Å². The fourth-order valence-electron chi connectivity index (χ4n) is 2.50.